The maximum Gasteiger partial charge on any atom is 0.374 e. The summed E-state index contributed by atoms with van der Waals surface area (Å²) in [6.07, 6.45) is -3.20. The highest BCUT2D eigenvalue weighted by Crippen LogP contribution is 2.55. The van der Waals surface area contributed by atoms with Gasteiger partial charge in [0.2, 0.25) is 5.76 Å². The molecular formula is C7H11O8P. The Morgan fingerprint density at radius 1 is 1.62 bits per heavy atom. The molecule has 0 aliphatic carbocycles. The molecule has 0 aromatic rings. The molecule has 0 radical (unpaired) electrons. The van der Waals surface area contributed by atoms with Crippen LogP contribution in [-0.4, -0.2) is 52.1 Å². The lowest BCUT2D eigenvalue weighted by Gasteiger charge is -2.19. The highest BCUT2D eigenvalue weighted by atomic mass is 31.2. The van der Waals surface area contributed by atoms with Crippen LogP contribution in [0.5, 0.6) is 0 Å². The summed E-state index contributed by atoms with van der Waals surface area (Å²) >= 11 is 0. The van der Waals surface area contributed by atoms with Gasteiger partial charge in [-0.05, 0) is 0 Å². The van der Waals surface area contributed by atoms with E-state index < -0.39 is 43.5 Å². The van der Waals surface area contributed by atoms with E-state index in [1.54, 1.807) is 0 Å². The van der Waals surface area contributed by atoms with Crippen LogP contribution in [0.2, 0.25) is 0 Å². The highest BCUT2D eigenvalue weighted by Gasteiger charge is 2.48. The van der Waals surface area contributed by atoms with Crippen LogP contribution >= 0.6 is 7.60 Å². The van der Waals surface area contributed by atoms with E-state index in [1.807, 2.05) is 0 Å². The minimum absolute atomic E-state index is 0.749. The number of carbonyl (C=O) groups excluding carboxylic acids is 1. The van der Waals surface area contributed by atoms with Crippen LogP contribution in [-0.2, 0) is 18.6 Å². The van der Waals surface area contributed by atoms with Crippen molar-refractivity contribution in [2.24, 2.45) is 0 Å². The first-order valence-electron chi connectivity index (χ1n) is 4.17. The van der Waals surface area contributed by atoms with Gasteiger partial charge in [0, 0.05) is 7.11 Å². The zero-order chi connectivity index (χ0) is 12.5. The minimum Gasteiger partial charge on any atom is -0.501 e. The Bertz CT molecular complexity index is 375. The summed E-state index contributed by atoms with van der Waals surface area (Å²) in [5.74, 6) is -2.33. The summed E-state index contributed by atoms with van der Waals surface area (Å²) in [6, 6.07) is 0. The second-order valence-electron chi connectivity index (χ2n) is 3.01. The van der Waals surface area contributed by atoms with Crippen molar-refractivity contribution in [3.8, 4) is 0 Å². The topological polar surface area (TPSA) is 134 Å². The van der Waals surface area contributed by atoms with Gasteiger partial charge in [0.1, 0.15) is 11.4 Å². The Balaban J connectivity index is 3.18. The van der Waals surface area contributed by atoms with Crippen molar-refractivity contribution in [3.63, 3.8) is 0 Å². The molecule has 0 amide bonds. The molecule has 0 saturated carbocycles. The van der Waals surface area contributed by atoms with E-state index in [2.05, 4.69) is 9.26 Å². The zero-order valence-corrected chi connectivity index (χ0v) is 9.13. The second kappa shape index (κ2) is 4.52. The van der Waals surface area contributed by atoms with Crippen LogP contribution in [0, 0.1) is 0 Å². The van der Waals surface area contributed by atoms with Crippen molar-refractivity contribution in [3.05, 3.63) is 11.1 Å². The van der Waals surface area contributed by atoms with Crippen molar-refractivity contribution in [2.75, 3.05) is 13.7 Å². The lowest BCUT2D eigenvalue weighted by Crippen LogP contribution is -2.31. The first-order valence-corrected chi connectivity index (χ1v) is 5.75. The molecule has 1 heterocycles. The molecule has 1 aliphatic rings. The van der Waals surface area contributed by atoms with Gasteiger partial charge in [-0.25, -0.2) is 4.79 Å². The molecule has 8 nitrogen and oxygen atoms in total. The first-order chi connectivity index (χ1) is 7.35. The van der Waals surface area contributed by atoms with Gasteiger partial charge in [0.15, 0.2) is 6.10 Å². The van der Waals surface area contributed by atoms with Crippen molar-refractivity contribution >= 4 is 13.6 Å². The smallest absolute Gasteiger partial charge is 0.374 e. The van der Waals surface area contributed by atoms with Gasteiger partial charge in [-0.3, -0.25) is 4.57 Å². The molecule has 0 fully saturated rings. The number of hydrogen-bond donors (Lipinski definition) is 4. The number of cyclic esters (lactones) is 1. The molecule has 0 saturated heterocycles. The Hall–Kier alpha value is -0.920. The van der Waals surface area contributed by atoms with E-state index in [0.717, 1.165) is 7.11 Å². The van der Waals surface area contributed by atoms with Crippen LogP contribution in [0.4, 0.5) is 0 Å². The summed E-state index contributed by atoms with van der Waals surface area (Å²) in [7, 11) is -3.53. The van der Waals surface area contributed by atoms with Crippen LogP contribution in [0.25, 0.3) is 0 Å². The zero-order valence-electron chi connectivity index (χ0n) is 8.23. The normalized spacial score (nSPS) is 26.5. The largest absolute Gasteiger partial charge is 0.501 e. The number of hydrogen-bond acceptors (Lipinski definition) is 7. The average molecular weight is 254 g/mol. The second-order valence-corrected chi connectivity index (χ2v) is 4.90. The Kier molecular flexibility index (Phi) is 3.72. The summed E-state index contributed by atoms with van der Waals surface area (Å²) in [5.41, 5.74) is 0. The van der Waals surface area contributed by atoms with Gasteiger partial charge >= 0.3 is 13.6 Å². The Labute approximate surface area is 90.3 Å². The SMILES string of the molecule is COP(=O)(O)C1=C(O)C(=O)O[C@@H]1[C@@H](O)CO. The fourth-order valence-electron chi connectivity index (χ4n) is 1.22. The number of esters is 1. The molecule has 1 rings (SSSR count). The van der Waals surface area contributed by atoms with E-state index >= 15 is 0 Å². The number of ether oxygens (including phenoxy) is 1. The summed E-state index contributed by atoms with van der Waals surface area (Å²) < 4.78 is 20.1. The van der Waals surface area contributed by atoms with Crippen molar-refractivity contribution in [1.82, 2.24) is 0 Å². The number of rotatable bonds is 4. The quantitative estimate of drug-likeness (QED) is 0.365. The van der Waals surface area contributed by atoms with Crippen LogP contribution in [0.1, 0.15) is 0 Å². The molecule has 16 heavy (non-hydrogen) atoms. The van der Waals surface area contributed by atoms with Gasteiger partial charge in [0.25, 0.3) is 0 Å². The molecule has 0 spiro atoms. The van der Waals surface area contributed by atoms with Crippen LogP contribution in [0.3, 0.4) is 0 Å². The number of carbonyl (C=O) groups is 1. The monoisotopic (exact) mass is 254 g/mol. The van der Waals surface area contributed by atoms with E-state index in [4.69, 9.17) is 5.11 Å². The lowest BCUT2D eigenvalue weighted by molar-refractivity contribution is -0.146. The molecule has 4 N–H and O–H groups in total. The molecular weight excluding hydrogens is 243 g/mol. The van der Waals surface area contributed by atoms with Gasteiger partial charge < -0.3 is 29.5 Å². The maximum atomic E-state index is 11.5. The van der Waals surface area contributed by atoms with Crippen LogP contribution in [0.15, 0.2) is 11.1 Å². The van der Waals surface area contributed by atoms with E-state index in [-0.39, 0.29) is 0 Å². The number of aliphatic hydroxyl groups excluding tert-OH is 3. The predicted octanol–water partition coefficient (Wildman–Crippen LogP) is -1.13. The van der Waals surface area contributed by atoms with E-state index in [1.165, 1.54) is 0 Å². The molecule has 0 aromatic heterocycles. The van der Waals surface area contributed by atoms with Crippen LogP contribution < -0.4 is 0 Å². The molecule has 0 bridgehead atoms. The standard InChI is InChI=1S/C7H11O8P/c1-14-16(12,13)6-4(10)7(11)15-5(6)3(9)2-8/h3,5,8-10H,2H2,1H3,(H,12,13)/t3-,5+/m0/s1. The number of aliphatic hydroxyl groups is 3. The fourth-order valence-corrected chi connectivity index (χ4v) is 2.32. The molecule has 0 aromatic carbocycles. The maximum absolute atomic E-state index is 11.5. The van der Waals surface area contributed by atoms with E-state index in [9.17, 15) is 24.5 Å². The summed E-state index contributed by atoms with van der Waals surface area (Å²) in [5, 5.41) is 26.4. The Morgan fingerprint density at radius 2 is 2.19 bits per heavy atom. The van der Waals surface area contributed by atoms with Gasteiger partial charge in [-0.1, -0.05) is 0 Å². The highest BCUT2D eigenvalue weighted by molar-refractivity contribution is 7.57. The molecule has 9 heteroatoms. The van der Waals surface area contributed by atoms with Crippen molar-refractivity contribution < 1.29 is 38.8 Å². The molecule has 1 unspecified atom stereocenters. The van der Waals surface area contributed by atoms with Gasteiger partial charge in [-0.15, -0.1) is 0 Å². The predicted molar refractivity (Wildman–Crippen MR) is 49.5 cm³/mol. The van der Waals surface area contributed by atoms with Crippen molar-refractivity contribution in [2.45, 2.75) is 12.2 Å². The molecule has 3 atom stereocenters. The molecule has 1 aliphatic heterocycles. The van der Waals surface area contributed by atoms with Crippen molar-refractivity contribution in [1.29, 1.82) is 0 Å². The third-order valence-corrected chi connectivity index (χ3v) is 3.60. The Morgan fingerprint density at radius 3 is 2.62 bits per heavy atom. The average Bonchev–Trinajstić information content (AvgIpc) is 2.55. The third-order valence-electron chi connectivity index (χ3n) is 2.03. The summed E-state index contributed by atoms with van der Waals surface area (Å²) in [4.78, 5) is 20.3. The third kappa shape index (κ3) is 2.11. The lowest BCUT2D eigenvalue weighted by atomic mass is 10.2. The van der Waals surface area contributed by atoms with Gasteiger partial charge in [-0.2, -0.15) is 0 Å². The fraction of sp³-hybridized carbons (Fsp3) is 0.571. The first kappa shape index (κ1) is 13.1. The van der Waals surface area contributed by atoms with E-state index in [0.29, 0.717) is 0 Å². The van der Waals surface area contributed by atoms with Gasteiger partial charge in [0.05, 0.1) is 6.61 Å². The summed E-state index contributed by atoms with van der Waals surface area (Å²) in [6.45, 7) is -0.807. The minimum atomic E-state index is -4.43. The molecule has 92 valence electrons.